The maximum Gasteiger partial charge on any atom is 0.435 e. The minimum atomic E-state index is -4.81. The molecule has 0 spiro atoms. The van der Waals surface area contributed by atoms with Crippen LogP contribution in [0.2, 0.25) is 0 Å². The van der Waals surface area contributed by atoms with Crippen molar-refractivity contribution < 1.29 is 32.8 Å². The minimum absolute atomic E-state index is 0.0187. The van der Waals surface area contributed by atoms with Crippen LogP contribution in [0.3, 0.4) is 0 Å². The fraction of sp³-hybridized carbons (Fsp3) is 0.478. The Kier molecular flexibility index (Phi) is 6.45. The smallest absolute Gasteiger partial charge is 0.381 e. The molecule has 1 saturated heterocycles. The van der Waals surface area contributed by atoms with Crippen LogP contribution in [0.25, 0.3) is 5.69 Å². The normalized spacial score (nSPS) is 18.1. The van der Waals surface area contributed by atoms with E-state index in [1.54, 1.807) is 5.48 Å². The minimum Gasteiger partial charge on any atom is -0.381 e. The third-order valence-corrected chi connectivity index (χ3v) is 6.56. The van der Waals surface area contributed by atoms with Crippen molar-refractivity contribution >= 4 is 23.4 Å². The summed E-state index contributed by atoms with van der Waals surface area (Å²) in [5.41, 5.74) is 5.80. The van der Waals surface area contributed by atoms with Gasteiger partial charge in [0.15, 0.2) is 11.5 Å². The number of hydrogen-bond acceptors (Lipinski definition) is 6. The van der Waals surface area contributed by atoms with Crippen molar-refractivity contribution in [2.45, 2.75) is 51.7 Å². The number of carbonyl (C=O) groups excluding carboxylic acids is 3. The van der Waals surface area contributed by atoms with Crippen molar-refractivity contribution in [2.24, 2.45) is 11.1 Å². The molecule has 2 aromatic rings. The van der Waals surface area contributed by atoms with Gasteiger partial charge >= 0.3 is 12.2 Å². The molecule has 0 unspecified atom stereocenters. The average molecular weight is 509 g/mol. The number of urea groups is 1. The number of alkyl halides is 3. The van der Waals surface area contributed by atoms with Gasteiger partial charge in [0.25, 0.3) is 5.91 Å². The molecule has 1 aromatic carbocycles. The van der Waals surface area contributed by atoms with E-state index in [1.165, 1.54) is 23.1 Å². The molecular weight excluding hydrogens is 481 g/mol. The van der Waals surface area contributed by atoms with E-state index in [4.69, 9.17) is 10.9 Å². The molecule has 13 heteroatoms. The van der Waals surface area contributed by atoms with Gasteiger partial charge in [0, 0.05) is 31.2 Å². The summed E-state index contributed by atoms with van der Waals surface area (Å²) in [5.74, 6) is -1.33. The Bertz CT molecular complexity index is 1220. The highest BCUT2D eigenvalue weighted by atomic mass is 19.4. The first-order valence-electron chi connectivity index (χ1n) is 11.4. The number of piperidine rings is 1. The van der Waals surface area contributed by atoms with Crippen LogP contribution in [0.5, 0.6) is 0 Å². The summed E-state index contributed by atoms with van der Waals surface area (Å²) in [5, 5.41) is 15.8. The van der Waals surface area contributed by atoms with Crippen LogP contribution in [-0.4, -0.2) is 56.7 Å². The molecule has 4 rings (SSSR count). The van der Waals surface area contributed by atoms with Gasteiger partial charge < -0.3 is 16.0 Å². The topological polar surface area (TPSA) is 143 Å². The van der Waals surface area contributed by atoms with Crippen LogP contribution >= 0.6 is 0 Å². The molecular formula is C23H27F3N6O4. The largest absolute Gasteiger partial charge is 0.435 e. The molecule has 1 aromatic heterocycles. The second kappa shape index (κ2) is 9.12. The van der Waals surface area contributed by atoms with Crippen LogP contribution < -0.4 is 16.5 Å². The summed E-state index contributed by atoms with van der Waals surface area (Å²) in [6.45, 7) is 4.30. The van der Waals surface area contributed by atoms with Crippen LogP contribution in [0, 0.1) is 5.41 Å². The van der Waals surface area contributed by atoms with Gasteiger partial charge in [-0.2, -0.15) is 18.3 Å². The molecule has 5 N–H and O–H groups in total. The first-order chi connectivity index (χ1) is 16.8. The van der Waals surface area contributed by atoms with E-state index in [-0.39, 0.29) is 35.8 Å². The SMILES string of the molecule is CC1(C)CC(=O)c2c(C(F)(F)F)nn(-c3ccc(C(N)=O)c(NC4CCN(C(=O)NO)CC4)c3)c2C1. The van der Waals surface area contributed by atoms with Crippen molar-refractivity contribution in [1.29, 1.82) is 0 Å². The molecule has 10 nitrogen and oxygen atoms in total. The van der Waals surface area contributed by atoms with Crippen LogP contribution in [0.4, 0.5) is 23.7 Å². The van der Waals surface area contributed by atoms with Crippen LogP contribution in [0.1, 0.15) is 65.2 Å². The van der Waals surface area contributed by atoms with Gasteiger partial charge in [-0.05, 0) is 42.9 Å². The van der Waals surface area contributed by atoms with E-state index >= 15 is 0 Å². The quantitative estimate of drug-likeness (QED) is 0.369. The number of amides is 3. The number of aromatic nitrogens is 2. The number of nitrogens with one attached hydrogen (secondary N) is 2. The average Bonchev–Trinajstić information content (AvgIpc) is 3.18. The molecule has 2 aliphatic rings. The third-order valence-electron chi connectivity index (χ3n) is 6.56. The Morgan fingerprint density at radius 3 is 2.44 bits per heavy atom. The monoisotopic (exact) mass is 508 g/mol. The Labute approximate surface area is 204 Å². The Morgan fingerprint density at radius 2 is 1.86 bits per heavy atom. The summed E-state index contributed by atoms with van der Waals surface area (Å²) in [6.07, 6.45) is -3.63. The summed E-state index contributed by atoms with van der Waals surface area (Å²) < 4.78 is 42.5. The van der Waals surface area contributed by atoms with Gasteiger partial charge in [-0.25, -0.2) is 15.0 Å². The molecule has 194 valence electrons. The predicted octanol–water partition coefficient (Wildman–Crippen LogP) is 3.12. The number of hydroxylamine groups is 1. The maximum absolute atomic E-state index is 13.8. The molecule has 1 fully saturated rings. The van der Waals surface area contributed by atoms with Crippen LogP contribution in [-0.2, 0) is 12.6 Å². The molecule has 0 atom stereocenters. The lowest BCUT2D eigenvalue weighted by Gasteiger charge is -2.32. The van der Waals surface area contributed by atoms with E-state index < -0.39 is 40.6 Å². The van der Waals surface area contributed by atoms with E-state index in [9.17, 15) is 27.6 Å². The first kappa shape index (κ1) is 25.5. The number of ketones is 1. The second-order valence-electron chi connectivity index (χ2n) is 9.94. The van der Waals surface area contributed by atoms with Crippen molar-refractivity contribution in [3.63, 3.8) is 0 Å². The number of nitrogens with two attached hydrogens (primary N) is 1. The van der Waals surface area contributed by atoms with E-state index in [2.05, 4.69) is 10.4 Å². The Balaban J connectivity index is 1.72. The number of hydrogen-bond donors (Lipinski definition) is 4. The summed E-state index contributed by atoms with van der Waals surface area (Å²) in [4.78, 5) is 37.8. The van der Waals surface area contributed by atoms with Gasteiger partial charge in [-0.1, -0.05) is 13.8 Å². The zero-order chi connectivity index (χ0) is 26.4. The van der Waals surface area contributed by atoms with Crippen molar-refractivity contribution in [3.05, 3.63) is 40.7 Å². The van der Waals surface area contributed by atoms with Crippen LogP contribution in [0.15, 0.2) is 18.2 Å². The number of rotatable bonds is 4. The number of primary amides is 1. The summed E-state index contributed by atoms with van der Waals surface area (Å²) >= 11 is 0. The number of nitrogens with zero attached hydrogens (tertiary/aromatic N) is 3. The number of halogens is 3. The van der Waals surface area contributed by atoms with Gasteiger partial charge in [-0.3, -0.25) is 14.8 Å². The summed E-state index contributed by atoms with van der Waals surface area (Å²) in [6, 6.07) is 3.56. The van der Waals surface area contributed by atoms with Crippen molar-refractivity contribution in [3.8, 4) is 5.69 Å². The lowest BCUT2D eigenvalue weighted by atomic mass is 9.75. The highest BCUT2D eigenvalue weighted by molar-refractivity contribution is 6.00. The number of Topliss-reactive ketones (excluding diaryl/α,β-unsaturated/α-hetero) is 1. The molecule has 2 heterocycles. The predicted molar refractivity (Wildman–Crippen MR) is 122 cm³/mol. The lowest BCUT2D eigenvalue weighted by Crippen LogP contribution is -2.46. The fourth-order valence-electron chi connectivity index (χ4n) is 4.88. The highest BCUT2D eigenvalue weighted by Gasteiger charge is 2.45. The zero-order valence-corrected chi connectivity index (χ0v) is 19.8. The number of likely N-dealkylation sites (tertiary alicyclic amines) is 1. The second-order valence-corrected chi connectivity index (χ2v) is 9.94. The third kappa shape index (κ3) is 4.87. The van der Waals surface area contributed by atoms with Gasteiger partial charge in [0.05, 0.1) is 22.5 Å². The summed E-state index contributed by atoms with van der Waals surface area (Å²) in [7, 11) is 0. The standard InChI is InChI=1S/C23H27F3N6O4/c1-22(2)10-16-18(17(33)11-22)19(23(24,25)26)29-32(16)13-3-4-14(20(27)34)15(9-13)28-12-5-7-31(8-6-12)21(35)30-36/h3-4,9,12,28,36H,5-8,10-11H2,1-2H3,(H2,27,34)(H,30,35). The van der Waals surface area contributed by atoms with E-state index in [1.807, 2.05) is 13.8 Å². The van der Waals surface area contributed by atoms with E-state index in [0.29, 0.717) is 31.6 Å². The van der Waals surface area contributed by atoms with Gasteiger partial charge in [0.2, 0.25) is 0 Å². The molecule has 1 aliphatic carbocycles. The lowest BCUT2D eigenvalue weighted by molar-refractivity contribution is -0.141. The van der Waals surface area contributed by atoms with Crippen molar-refractivity contribution in [2.75, 3.05) is 18.4 Å². The fourth-order valence-corrected chi connectivity index (χ4v) is 4.88. The molecule has 36 heavy (non-hydrogen) atoms. The Hall–Kier alpha value is -3.61. The molecule has 0 saturated carbocycles. The molecule has 0 bridgehead atoms. The molecule has 3 amide bonds. The number of carbonyl (C=O) groups is 3. The van der Waals surface area contributed by atoms with Crippen molar-refractivity contribution in [1.82, 2.24) is 20.2 Å². The number of fused-ring (bicyclic) bond motifs is 1. The highest BCUT2D eigenvalue weighted by Crippen LogP contribution is 2.42. The molecule has 1 aliphatic heterocycles. The van der Waals surface area contributed by atoms with Gasteiger partial charge in [-0.15, -0.1) is 0 Å². The number of benzene rings is 1. The molecule has 0 radical (unpaired) electrons. The Morgan fingerprint density at radius 1 is 1.19 bits per heavy atom. The van der Waals surface area contributed by atoms with E-state index in [0.717, 1.165) is 4.68 Å². The zero-order valence-electron chi connectivity index (χ0n) is 19.8. The first-order valence-corrected chi connectivity index (χ1v) is 11.4. The number of anilines is 1. The van der Waals surface area contributed by atoms with Gasteiger partial charge in [0.1, 0.15) is 0 Å². The maximum atomic E-state index is 13.8.